The molecule has 0 radical (unpaired) electrons. The predicted octanol–water partition coefficient (Wildman–Crippen LogP) is 5.60. The minimum atomic E-state index is -4.77. The SMILES string of the molecule is CCCOc1ccc(-c2cc(C(C(=O)OCCOCCOCCO)n3cnc4c3C=CN(c3cccc(F)c3F)N4)on2)c(C(F)(F)F)c1. The summed E-state index contributed by atoms with van der Waals surface area (Å²) >= 11 is 0. The maximum atomic E-state index is 14.5. The van der Waals surface area contributed by atoms with Gasteiger partial charge in [-0.2, -0.15) is 13.2 Å². The second-order valence-electron chi connectivity index (χ2n) is 10.4. The molecule has 1 unspecified atom stereocenters. The second kappa shape index (κ2) is 15.9. The van der Waals surface area contributed by atoms with Crippen molar-refractivity contribution in [2.45, 2.75) is 25.6 Å². The number of alkyl halides is 3. The van der Waals surface area contributed by atoms with Crippen molar-refractivity contribution in [3.63, 3.8) is 0 Å². The van der Waals surface area contributed by atoms with Crippen molar-refractivity contribution in [1.29, 1.82) is 0 Å². The first-order valence-electron chi connectivity index (χ1n) is 15.1. The Kier molecular flexibility index (Phi) is 11.5. The summed E-state index contributed by atoms with van der Waals surface area (Å²) in [6.45, 7) is 2.22. The highest BCUT2D eigenvalue weighted by atomic mass is 19.4. The molecule has 2 N–H and O–H groups in total. The number of hydrazine groups is 1. The zero-order chi connectivity index (χ0) is 35.0. The number of carbonyl (C=O) groups is 1. The number of nitrogens with zero attached hydrogens (tertiary/aromatic N) is 4. The molecule has 0 bridgehead atoms. The van der Waals surface area contributed by atoms with Crippen molar-refractivity contribution in [3.05, 3.63) is 83.6 Å². The van der Waals surface area contributed by atoms with Crippen LogP contribution in [-0.2, 0) is 25.2 Å². The molecule has 3 heterocycles. The van der Waals surface area contributed by atoms with Crippen LogP contribution < -0.4 is 15.2 Å². The standard InChI is InChI=1S/C32H32F5N5O7/c1-2-11-47-20-6-7-21(22(17-20)32(35,36)37)24-18-27(49-40-24)29(31(44)48-16-15-46-14-13-45-12-10-43)41-19-38-30-26(41)8-9-42(39-30)25-5-3-4-23(33)28(25)34/h3-9,17-19,29,39,43H,2,10-16H2,1H3. The van der Waals surface area contributed by atoms with Gasteiger partial charge in [-0.3, -0.25) is 10.4 Å². The number of hydrogen-bond donors (Lipinski definition) is 2. The van der Waals surface area contributed by atoms with Gasteiger partial charge in [-0.15, -0.1) is 0 Å². The van der Waals surface area contributed by atoms with E-state index in [1.807, 2.05) is 6.92 Å². The monoisotopic (exact) mass is 693 g/mol. The van der Waals surface area contributed by atoms with E-state index in [-0.39, 0.29) is 86.2 Å². The van der Waals surface area contributed by atoms with E-state index >= 15 is 0 Å². The molecular formula is C32H32F5N5O7. The summed E-state index contributed by atoms with van der Waals surface area (Å²) in [7, 11) is 0. The van der Waals surface area contributed by atoms with Gasteiger partial charge in [0.05, 0.1) is 57.2 Å². The number of aromatic nitrogens is 3. The van der Waals surface area contributed by atoms with E-state index in [4.69, 9.17) is 28.6 Å². The number of halogens is 5. The van der Waals surface area contributed by atoms with Crippen molar-refractivity contribution in [1.82, 2.24) is 14.7 Å². The molecule has 0 spiro atoms. The number of ether oxygens (including phenoxy) is 4. The molecule has 4 aromatic rings. The molecule has 1 aliphatic heterocycles. The van der Waals surface area contributed by atoms with Crippen LogP contribution in [0.15, 0.2) is 59.5 Å². The lowest BCUT2D eigenvalue weighted by atomic mass is 10.0. The van der Waals surface area contributed by atoms with Gasteiger partial charge in [-0.25, -0.2) is 18.6 Å². The molecule has 12 nitrogen and oxygen atoms in total. The fourth-order valence-corrected chi connectivity index (χ4v) is 4.81. The van der Waals surface area contributed by atoms with Crippen molar-refractivity contribution < 1.29 is 55.3 Å². The highest BCUT2D eigenvalue weighted by Crippen LogP contribution is 2.40. The Bertz CT molecular complexity index is 1760. The van der Waals surface area contributed by atoms with Gasteiger partial charge in [0, 0.05) is 17.8 Å². The number of imidazole rings is 1. The van der Waals surface area contributed by atoms with Crippen LogP contribution in [0.5, 0.6) is 5.75 Å². The molecule has 2 aromatic heterocycles. The number of anilines is 2. The number of hydrogen-bond acceptors (Lipinski definition) is 11. The molecule has 1 aliphatic rings. The number of aliphatic hydroxyl groups excluding tert-OH is 1. The summed E-state index contributed by atoms with van der Waals surface area (Å²) in [6, 6.07) is 6.85. The summed E-state index contributed by atoms with van der Waals surface area (Å²) in [6.07, 6.45) is -0.0865. The highest BCUT2D eigenvalue weighted by molar-refractivity contribution is 5.80. The van der Waals surface area contributed by atoms with Gasteiger partial charge in [0.15, 0.2) is 29.3 Å². The van der Waals surface area contributed by atoms with E-state index in [9.17, 15) is 26.7 Å². The number of carbonyl (C=O) groups excluding carboxylic acids is 1. The third-order valence-electron chi connectivity index (χ3n) is 7.05. The Morgan fingerprint density at radius 2 is 1.82 bits per heavy atom. The van der Waals surface area contributed by atoms with Crippen molar-refractivity contribution in [2.75, 3.05) is 56.7 Å². The maximum Gasteiger partial charge on any atom is 0.417 e. The van der Waals surface area contributed by atoms with E-state index in [0.717, 1.165) is 12.1 Å². The minimum Gasteiger partial charge on any atom is -0.494 e. The first-order chi connectivity index (χ1) is 23.6. The molecule has 1 atom stereocenters. The first-order valence-corrected chi connectivity index (χ1v) is 15.1. The van der Waals surface area contributed by atoms with Gasteiger partial charge in [0.25, 0.3) is 0 Å². The van der Waals surface area contributed by atoms with Gasteiger partial charge < -0.3 is 33.1 Å². The zero-order valence-corrected chi connectivity index (χ0v) is 26.1. The Hall–Kier alpha value is -5.00. The van der Waals surface area contributed by atoms with Crippen LogP contribution in [0.4, 0.5) is 33.5 Å². The fraction of sp³-hybridized carbons (Fsp3) is 0.344. The maximum absolute atomic E-state index is 14.5. The molecule has 49 heavy (non-hydrogen) atoms. The summed E-state index contributed by atoms with van der Waals surface area (Å²) in [4.78, 5) is 17.8. The summed E-state index contributed by atoms with van der Waals surface area (Å²) in [5, 5.41) is 13.8. The molecule has 0 aliphatic carbocycles. The normalized spacial score (nSPS) is 13.2. The Balaban J connectivity index is 1.44. The lowest BCUT2D eigenvalue weighted by molar-refractivity contribution is -0.148. The Labute approximate surface area is 276 Å². The number of rotatable bonds is 16. The average Bonchev–Trinajstić information content (AvgIpc) is 3.74. The topological polar surface area (TPSA) is 133 Å². The van der Waals surface area contributed by atoms with Gasteiger partial charge in [-0.05, 0) is 42.8 Å². The summed E-state index contributed by atoms with van der Waals surface area (Å²) < 4.78 is 98.9. The largest absolute Gasteiger partial charge is 0.494 e. The number of benzene rings is 2. The van der Waals surface area contributed by atoms with E-state index in [2.05, 4.69) is 15.6 Å². The van der Waals surface area contributed by atoms with Crippen LogP contribution in [0.25, 0.3) is 17.3 Å². The van der Waals surface area contributed by atoms with Gasteiger partial charge in [-0.1, -0.05) is 18.1 Å². The smallest absolute Gasteiger partial charge is 0.417 e. The molecule has 5 rings (SSSR count). The van der Waals surface area contributed by atoms with Crippen molar-refractivity contribution >= 4 is 23.6 Å². The third-order valence-corrected chi connectivity index (χ3v) is 7.05. The van der Waals surface area contributed by atoms with Crippen LogP contribution in [0, 0.1) is 11.6 Å². The van der Waals surface area contributed by atoms with Crippen LogP contribution in [-0.4, -0.2) is 72.0 Å². The van der Waals surface area contributed by atoms with Gasteiger partial charge >= 0.3 is 12.1 Å². The number of esters is 1. The fourth-order valence-electron chi connectivity index (χ4n) is 4.81. The second-order valence-corrected chi connectivity index (χ2v) is 10.4. The molecule has 0 saturated carbocycles. The Morgan fingerprint density at radius 3 is 2.57 bits per heavy atom. The van der Waals surface area contributed by atoms with Gasteiger partial charge in [0.1, 0.15) is 23.7 Å². The van der Waals surface area contributed by atoms with E-state index in [1.165, 1.54) is 58.5 Å². The third kappa shape index (κ3) is 8.36. The summed E-state index contributed by atoms with van der Waals surface area (Å²) in [5.74, 6) is -3.06. The zero-order valence-electron chi connectivity index (χ0n) is 26.1. The quantitative estimate of drug-likeness (QED) is 0.0864. The number of aliphatic hydroxyl groups is 1. The van der Waals surface area contributed by atoms with E-state index < -0.39 is 35.4 Å². The van der Waals surface area contributed by atoms with Gasteiger partial charge in [0.2, 0.25) is 0 Å². The highest BCUT2D eigenvalue weighted by Gasteiger charge is 2.37. The van der Waals surface area contributed by atoms with Crippen LogP contribution >= 0.6 is 0 Å². The molecule has 262 valence electrons. The van der Waals surface area contributed by atoms with E-state index in [0.29, 0.717) is 6.42 Å². The lowest BCUT2D eigenvalue weighted by Gasteiger charge is -2.26. The molecule has 0 fully saturated rings. The molecule has 0 saturated heterocycles. The summed E-state index contributed by atoms with van der Waals surface area (Å²) in [5.41, 5.74) is 1.44. The van der Waals surface area contributed by atoms with Crippen LogP contribution in [0.3, 0.4) is 0 Å². The molecule has 2 aromatic carbocycles. The Morgan fingerprint density at radius 1 is 1.04 bits per heavy atom. The van der Waals surface area contributed by atoms with E-state index in [1.54, 1.807) is 0 Å². The van der Waals surface area contributed by atoms with Crippen molar-refractivity contribution in [3.8, 4) is 17.0 Å². The van der Waals surface area contributed by atoms with Crippen molar-refractivity contribution in [2.24, 2.45) is 0 Å². The lowest BCUT2D eigenvalue weighted by Crippen LogP contribution is -2.29. The molecule has 0 amide bonds. The molecular weight excluding hydrogens is 661 g/mol. The van der Waals surface area contributed by atoms with Crippen LogP contribution in [0.1, 0.15) is 36.4 Å². The minimum absolute atomic E-state index is 0.0123. The molecule has 17 heteroatoms. The number of nitrogens with one attached hydrogen (secondary N) is 1. The first kappa shape index (κ1) is 35.3. The average molecular weight is 694 g/mol. The predicted molar refractivity (Wildman–Crippen MR) is 164 cm³/mol. The van der Waals surface area contributed by atoms with Crippen LogP contribution in [0.2, 0.25) is 0 Å². The number of fused-ring (bicyclic) bond motifs is 1.